The van der Waals surface area contributed by atoms with E-state index in [-0.39, 0.29) is 13.1 Å². The summed E-state index contributed by atoms with van der Waals surface area (Å²) in [5.74, 6) is 1.67. The number of terminal acetylenes is 1. The number of alkyl halides is 3. The second-order valence-electron chi connectivity index (χ2n) is 3.57. The zero-order chi connectivity index (χ0) is 13.5. The maximum Gasteiger partial charge on any atom is 0.389 e. The molecule has 0 heterocycles. The fourth-order valence-electron chi connectivity index (χ4n) is 1.25. The molecule has 0 fully saturated rings. The van der Waals surface area contributed by atoms with Crippen molar-refractivity contribution < 1.29 is 21.6 Å². The average Bonchev–Trinajstić information content (AvgIpc) is 2.15. The van der Waals surface area contributed by atoms with Crippen molar-refractivity contribution in [1.82, 2.24) is 4.31 Å². The molecule has 0 saturated carbocycles. The van der Waals surface area contributed by atoms with E-state index in [1.54, 1.807) is 6.92 Å². The van der Waals surface area contributed by atoms with Gasteiger partial charge >= 0.3 is 6.18 Å². The quantitative estimate of drug-likeness (QED) is 0.664. The van der Waals surface area contributed by atoms with Crippen LogP contribution in [0.4, 0.5) is 13.2 Å². The van der Waals surface area contributed by atoms with E-state index in [4.69, 9.17) is 6.42 Å². The van der Waals surface area contributed by atoms with Crippen LogP contribution in [-0.2, 0) is 10.0 Å². The van der Waals surface area contributed by atoms with E-state index in [9.17, 15) is 21.6 Å². The van der Waals surface area contributed by atoms with Gasteiger partial charge in [-0.05, 0) is 12.8 Å². The van der Waals surface area contributed by atoms with Crippen LogP contribution >= 0.6 is 0 Å². The first kappa shape index (κ1) is 16.3. The van der Waals surface area contributed by atoms with Gasteiger partial charge in [0.25, 0.3) is 0 Å². The first-order valence-corrected chi connectivity index (χ1v) is 6.82. The van der Waals surface area contributed by atoms with Crippen LogP contribution in [0, 0.1) is 12.3 Å². The third-order valence-corrected chi connectivity index (χ3v) is 3.90. The van der Waals surface area contributed by atoms with Gasteiger partial charge in [0.1, 0.15) is 0 Å². The van der Waals surface area contributed by atoms with Gasteiger partial charge in [-0.3, -0.25) is 0 Å². The van der Waals surface area contributed by atoms with Crippen LogP contribution in [0.1, 0.15) is 26.2 Å². The molecule has 17 heavy (non-hydrogen) atoms. The molecule has 3 nitrogen and oxygen atoms in total. The molecule has 0 aliphatic carbocycles. The Labute approximate surface area is 100 Å². The van der Waals surface area contributed by atoms with Crippen LogP contribution in [0.15, 0.2) is 0 Å². The van der Waals surface area contributed by atoms with Gasteiger partial charge in [0.05, 0.1) is 12.3 Å². The van der Waals surface area contributed by atoms with E-state index in [1.807, 2.05) is 0 Å². The summed E-state index contributed by atoms with van der Waals surface area (Å²) in [6.45, 7) is 1.91. The van der Waals surface area contributed by atoms with Crippen molar-refractivity contribution >= 4 is 10.0 Å². The molecule has 0 amide bonds. The number of nitrogens with zero attached hydrogens (tertiary/aromatic N) is 1. The summed E-state index contributed by atoms with van der Waals surface area (Å²) >= 11 is 0. The molecular formula is C10H16F3NO2S. The van der Waals surface area contributed by atoms with Crippen LogP contribution in [0.3, 0.4) is 0 Å². The van der Waals surface area contributed by atoms with Gasteiger partial charge in [-0.1, -0.05) is 12.8 Å². The van der Waals surface area contributed by atoms with Crippen LogP contribution < -0.4 is 0 Å². The summed E-state index contributed by atoms with van der Waals surface area (Å²) in [4.78, 5) is 0. The lowest BCUT2D eigenvalue weighted by atomic mass is 10.3. The highest BCUT2D eigenvalue weighted by Crippen LogP contribution is 2.22. The Kier molecular flexibility index (Phi) is 6.57. The number of hydrogen-bond acceptors (Lipinski definition) is 2. The average molecular weight is 271 g/mol. The molecule has 0 aliphatic heterocycles. The smallest absolute Gasteiger partial charge is 0.212 e. The van der Waals surface area contributed by atoms with E-state index in [2.05, 4.69) is 5.92 Å². The summed E-state index contributed by atoms with van der Waals surface area (Å²) in [6, 6.07) is 0. The van der Waals surface area contributed by atoms with Crippen LogP contribution in [0.2, 0.25) is 0 Å². The Morgan fingerprint density at radius 3 is 2.35 bits per heavy atom. The van der Waals surface area contributed by atoms with Gasteiger partial charge in [-0.2, -0.15) is 17.5 Å². The lowest BCUT2D eigenvalue weighted by molar-refractivity contribution is -0.134. The van der Waals surface area contributed by atoms with Crippen molar-refractivity contribution in [2.75, 3.05) is 18.8 Å². The summed E-state index contributed by atoms with van der Waals surface area (Å²) in [5, 5.41) is 0. The second-order valence-corrected chi connectivity index (χ2v) is 5.66. The minimum atomic E-state index is -4.32. The molecule has 0 radical (unpaired) electrons. The summed E-state index contributed by atoms with van der Waals surface area (Å²) < 4.78 is 60.0. The van der Waals surface area contributed by atoms with Crippen LogP contribution in [0.5, 0.6) is 0 Å². The fraction of sp³-hybridized carbons (Fsp3) is 0.800. The van der Waals surface area contributed by atoms with Gasteiger partial charge in [-0.25, -0.2) is 8.42 Å². The predicted molar refractivity (Wildman–Crippen MR) is 59.8 cm³/mol. The topological polar surface area (TPSA) is 37.4 Å². The standard InChI is InChI=1S/C10H16F3NO2S/c1-3-7-14(8-4-2)17(15,16)9-5-6-10(11,12)13/h1H,4-9H2,2H3. The molecule has 0 aliphatic rings. The van der Waals surface area contributed by atoms with Gasteiger partial charge in [0.15, 0.2) is 0 Å². The summed E-state index contributed by atoms with van der Waals surface area (Å²) in [5.41, 5.74) is 0. The zero-order valence-electron chi connectivity index (χ0n) is 9.63. The molecule has 0 bridgehead atoms. The van der Waals surface area contributed by atoms with E-state index >= 15 is 0 Å². The third-order valence-electron chi connectivity index (χ3n) is 2.00. The minimum Gasteiger partial charge on any atom is -0.212 e. The van der Waals surface area contributed by atoms with Crippen LogP contribution in [0.25, 0.3) is 0 Å². The molecule has 0 aromatic heterocycles. The van der Waals surface area contributed by atoms with Gasteiger partial charge in [0.2, 0.25) is 10.0 Å². The highest BCUT2D eigenvalue weighted by molar-refractivity contribution is 7.89. The van der Waals surface area contributed by atoms with Crippen molar-refractivity contribution in [3.63, 3.8) is 0 Å². The first-order chi connectivity index (χ1) is 7.73. The Morgan fingerprint density at radius 1 is 1.35 bits per heavy atom. The highest BCUT2D eigenvalue weighted by atomic mass is 32.2. The predicted octanol–water partition coefficient (Wildman–Crippen LogP) is 2.00. The highest BCUT2D eigenvalue weighted by Gasteiger charge is 2.28. The Hall–Kier alpha value is -0.740. The van der Waals surface area contributed by atoms with Gasteiger partial charge in [0, 0.05) is 13.0 Å². The molecule has 0 unspecified atom stereocenters. The molecule has 0 aromatic rings. The molecule has 0 aromatic carbocycles. The second kappa shape index (κ2) is 6.87. The summed E-state index contributed by atoms with van der Waals surface area (Å²) in [6.07, 6.45) is -0.263. The van der Waals surface area contributed by atoms with E-state index < -0.39 is 34.8 Å². The zero-order valence-corrected chi connectivity index (χ0v) is 10.4. The monoisotopic (exact) mass is 271 g/mol. The largest absolute Gasteiger partial charge is 0.389 e. The normalized spacial score (nSPS) is 12.7. The molecule has 0 N–H and O–H groups in total. The Morgan fingerprint density at radius 2 is 1.94 bits per heavy atom. The summed E-state index contributed by atoms with van der Waals surface area (Å²) in [7, 11) is -3.68. The molecule has 0 atom stereocenters. The fourth-order valence-corrected chi connectivity index (χ4v) is 2.75. The molecule has 0 saturated heterocycles. The molecule has 100 valence electrons. The van der Waals surface area contributed by atoms with Gasteiger partial charge in [-0.15, -0.1) is 6.42 Å². The Balaban J connectivity index is 4.39. The van der Waals surface area contributed by atoms with Crippen molar-refractivity contribution in [1.29, 1.82) is 0 Å². The van der Waals surface area contributed by atoms with E-state index in [1.165, 1.54) is 0 Å². The molecule has 0 spiro atoms. The van der Waals surface area contributed by atoms with Gasteiger partial charge < -0.3 is 0 Å². The maximum absolute atomic E-state index is 11.9. The third kappa shape index (κ3) is 7.23. The van der Waals surface area contributed by atoms with Crippen molar-refractivity contribution in [2.45, 2.75) is 32.4 Å². The first-order valence-electron chi connectivity index (χ1n) is 5.21. The SMILES string of the molecule is C#CCN(CCC)S(=O)(=O)CCCC(F)(F)F. The van der Waals surface area contributed by atoms with E-state index in [0.717, 1.165) is 4.31 Å². The lowest BCUT2D eigenvalue weighted by Gasteiger charge is -2.19. The molecule has 0 rings (SSSR count). The van der Waals surface area contributed by atoms with E-state index in [0.29, 0.717) is 6.42 Å². The number of halogens is 3. The number of hydrogen-bond donors (Lipinski definition) is 0. The van der Waals surface area contributed by atoms with Crippen molar-refractivity contribution in [3.8, 4) is 12.3 Å². The molecular weight excluding hydrogens is 255 g/mol. The maximum atomic E-state index is 11.9. The number of rotatable bonds is 7. The lowest BCUT2D eigenvalue weighted by Crippen LogP contribution is -2.34. The minimum absolute atomic E-state index is 0.0950. The molecule has 7 heteroatoms. The Bertz CT molecular complexity index is 357. The van der Waals surface area contributed by atoms with Crippen molar-refractivity contribution in [3.05, 3.63) is 0 Å². The van der Waals surface area contributed by atoms with Crippen LogP contribution in [-0.4, -0.2) is 37.7 Å². The van der Waals surface area contributed by atoms with Crippen molar-refractivity contribution in [2.24, 2.45) is 0 Å². The number of sulfonamides is 1.